The summed E-state index contributed by atoms with van der Waals surface area (Å²) in [5.74, 6) is 0. The Morgan fingerprint density at radius 3 is 1.10 bits per heavy atom. The SMILES string of the molecule is O=[Si]([O-])[O-].OP(O)O.[Li+].[Li+]. The Morgan fingerprint density at radius 2 is 1.10 bits per heavy atom. The molecule has 0 bridgehead atoms. The molecule has 0 radical (unpaired) electrons. The van der Waals surface area contributed by atoms with Crippen LogP contribution in [0.1, 0.15) is 0 Å². The summed E-state index contributed by atoms with van der Waals surface area (Å²) in [7, 11) is -6.25. The molecular formula is H3Li2O6PSi. The van der Waals surface area contributed by atoms with Gasteiger partial charge < -0.3 is 28.7 Å². The number of hydrogen-bond donors (Lipinski definition) is 3. The summed E-state index contributed by atoms with van der Waals surface area (Å²) >= 11 is 0. The van der Waals surface area contributed by atoms with Crippen molar-refractivity contribution in [3.8, 4) is 0 Å². The Labute approximate surface area is 84.2 Å². The minimum atomic E-state index is -3.63. The summed E-state index contributed by atoms with van der Waals surface area (Å²) in [6.07, 6.45) is 0. The number of rotatable bonds is 0. The molecule has 0 aliphatic rings. The Bertz CT molecular complexity index is 60.0. The first-order valence-electron chi connectivity index (χ1n) is 1.21. The summed E-state index contributed by atoms with van der Waals surface area (Å²) in [6.45, 7) is 0. The molecule has 50 valence electrons. The molecule has 0 rings (SSSR count). The first-order valence-corrected chi connectivity index (χ1v) is 3.64. The summed E-state index contributed by atoms with van der Waals surface area (Å²) in [5.41, 5.74) is 0. The van der Waals surface area contributed by atoms with Gasteiger partial charge in [0.15, 0.2) is 0 Å². The molecule has 0 aromatic carbocycles. The summed E-state index contributed by atoms with van der Waals surface area (Å²) in [4.78, 5) is 38.7. The average molecular weight is 172 g/mol. The van der Waals surface area contributed by atoms with Gasteiger partial charge in [0, 0.05) is 9.17 Å². The van der Waals surface area contributed by atoms with E-state index in [1.54, 1.807) is 0 Å². The Balaban J connectivity index is -0.0000000300. The fraction of sp³-hybridized carbons (Fsp3) is 0. The van der Waals surface area contributed by atoms with Crippen molar-refractivity contribution in [2.24, 2.45) is 0 Å². The predicted molar refractivity (Wildman–Crippen MR) is 20.0 cm³/mol. The van der Waals surface area contributed by atoms with Crippen LogP contribution in [-0.4, -0.2) is 23.9 Å². The molecule has 3 N–H and O–H groups in total. The summed E-state index contributed by atoms with van der Waals surface area (Å²) in [5, 5.41) is 0. The molecule has 0 aromatic rings. The molecule has 0 spiro atoms. The van der Waals surface area contributed by atoms with Crippen molar-refractivity contribution < 1.29 is 66.5 Å². The monoisotopic (exact) mass is 172 g/mol. The Hall–Kier alpha value is 1.12. The van der Waals surface area contributed by atoms with E-state index in [2.05, 4.69) is 0 Å². The van der Waals surface area contributed by atoms with Gasteiger partial charge >= 0.3 is 46.3 Å². The molecule has 10 heteroatoms. The van der Waals surface area contributed by atoms with Crippen molar-refractivity contribution in [3.63, 3.8) is 0 Å². The van der Waals surface area contributed by atoms with Gasteiger partial charge in [-0.05, 0) is 0 Å². The largest absolute Gasteiger partial charge is 1.00 e. The van der Waals surface area contributed by atoms with Crippen LogP contribution in [0.4, 0.5) is 0 Å². The van der Waals surface area contributed by atoms with Crippen molar-refractivity contribution in [1.29, 1.82) is 0 Å². The summed E-state index contributed by atoms with van der Waals surface area (Å²) in [6, 6.07) is 0. The van der Waals surface area contributed by atoms with E-state index in [-0.39, 0.29) is 37.7 Å². The van der Waals surface area contributed by atoms with Crippen LogP contribution in [0.3, 0.4) is 0 Å². The molecule has 0 aromatic heterocycles. The van der Waals surface area contributed by atoms with Crippen LogP contribution < -0.4 is 47.3 Å². The standard InChI is InChI=1S/2Li.H3O3P.O3Si/c;;2*1-4(2)3/h;;1-3H;/q2*+1;;-2. The third-order valence-corrected chi connectivity index (χ3v) is 0. The van der Waals surface area contributed by atoms with Crippen LogP contribution >= 0.6 is 8.60 Å². The molecule has 10 heavy (non-hydrogen) atoms. The van der Waals surface area contributed by atoms with Gasteiger partial charge in [0.2, 0.25) is 0 Å². The van der Waals surface area contributed by atoms with Crippen molar-refractivity contribution in [3.05, 3.63) is 0 Å². The van der Waals surface area contributed by atoms with Crippen LogP contribution in [-0.2, 0) is 4.46 Å². The van der Waals surface area contributed by atoms with Crippen LogP contribution in [0.5, 0.6) is 0 Å². The van der Waals surface area contributed by atoms with E-state index in [4.69, 9.17) is 28.7 Å². The van der Waals surface area contributed by atoms with Crippen molar-refractivity contribution in [2.45, 2.75) is 0 Å². The van der Waals surface area contributed by atoms with Gasteiger partial charge in [-0.2, -0.15) is 0 Å². The van der Waals surface area contributed by atoms with Crippen molar-refractivity contribution in [1.82, 2.24) is 0 Å². The maximum absolute atomic E-state index is 8.52. The minimum Gasteiger partial charge on any atom is -0.672 e. The summed E-state index contributed by atoms with van der Waals surface area (Å²) < 4.78 is 8.52. The van der Waals surface area contributed by atoms with Gasteiger partial charge in [-0.25, -0.2) is 0 Å². The van der Waals surface area contributed by atoms with E-state index in [9.17, 15) is 0 Å². The van der Waals surface area contributed by atoms with Gasteiger partial charge in [-0.15, -0.1) is 0 Å². The molecule has 0 saturated carbocycles. The van der Waals surface area contributed by atoms with Crippen LogP contribution in [0.15, 0.2) is 0 Å². The second kappa shape index (κ2) is 16.6. The Kier molecular flexibility index (Phi) is 37.3. The van der Waals surface area contributed by atoms with E-state index in [1.165, 1.54) is 0 Å². The topological polar surface area (TPSA) is 124 Å². The van der Waals surface area contributed by atoms with E-state index < -0.39 is 17.8 Å². The van der Waals surface area contributed by atoms with Crippen LogP contribution in [0.2, 0.25) is 0 Å². The molecule has 6 nitrogen and oxygen atoms in total. The fourth-order valence-corrected chi connectivity index (χ4v) is 0. The maximum atomic E-state index is 8.52. The van der Waals surface area contributed by atoms with Gasteiger partial charge in [0.1, 0.15) is 0 Å². The molecule has 0 aliphatic carbocycles. The van der Waals surface area contributed by atoms with Crippen LogP contribution in [0, 0.1) is 0 Å². The normalized spacial score (nSPS) is 6.00. The smallest absolute Gasteiger partial charge is 0.672 e. The minimum absolute atomic E-state index is 0. The van der Waals surface area contributed by atoms with Gasteiger partial charge in [-0.1, -0.05) is 0 Å². The zero-order valence-corrected chi connectivity index (χ0v) is 7.41. The average Bonchev–Trinajstić information content (AvgIpc) is 1.25. The van der Waals surface area contributed by atoms with E-state index >= 15 is 0 Å². The van der Waals surface area contributed by atoms with E-state index in [0.29, 0.717) is 0 Å². The molecule has 0 amide bonds. The van der Waals surface area contributed by atoms with Gasteiger partial charge in [0.25, 0.3) is 0 Å². The maximum Gasteiger partial charge on any atom is 1.00 e. The zero-order valence-electron chi connectivity index (χ0n) is 5.51. The first kappa shape index (κ1) is 22.5. The van der Waals surface area contributed by atoms with Gasteiger partial charge in [0.05, 0.1) is 0 Å². The second-order valence-corrected chi connectivity index (χ2v) is 1.55. The van der Waals surface area contributed by atoms with E-state index in [0.717, 1.165) is 0 Å². The molecule has 0 aliphatic heterocycles. The van der Waals surface area contributed by atoms with Crippen molar-refractivity contribution >= 4 is 17.8 Å². The van der Waals surface area contributed by atoms with Crippen molar-refractivity contribution in [2.75, 3.05) is 0 Å². The fourth-order valence-electron chi connectivity index (χ4n) is 0. The number of hydrogen-bond acceptors (Lipinski definition) is 6. The molecule has 0 unspecified atom stereocenters. The quantitative estimate of drug-likeness (QED) is 0.246. The predicted octanol–water partition coefficient (Wildman–Crippen LogP) is -9.68. The second-order valence-electron chi connectivity index (χ2n) is 0.518. The van der Waals surface area contributed by atoms with Crippen LogP contribution in [0.25, 0.3) is 0 Å². The molecule has 0 fully saturated rings. The van der Waals surface area contributed by atoms with E-state index in [1.807, 2.05) is 0 Å². The third kappa shape index (κ3) is 478. The molecular weight excluding hydrogens is 169 g/mol. The van der Waals surface area contributed by atoms with Gasteiger partial charge in [-0.3, -0.25) is 0 Å². The molecule has 0 atom stereocenters. The zero-order chi connectivity index (χ0) is 7.15. The first-order chi connectivity index (χ1) is 3.46. The molecule has 0 saturated heterocycles. The third-order valence-electron chi connectivity index (χ3n) is 0. The molecule has 0 heterocycles. The Morgan fingerprint density at radius 1 is 1.10 bits per heavy atom.